The first-order valence-electron chi connectivity index (χ1n) is 6.36. The molecule has 0 saturated carbocycles. The van der Waals surface area contributed by atoms with Crippen LogP contribution in [0.2, 0.25) is 0 Å². The van der Waals surface area contributed by atoms with Gasteiger partial charge in [-0.05, 0) is 6.42 Å². The van der Waals surface area contributed by atoms with Gasteiger partial charge in [-0.15, -0.1) is 12.4 Å². The summed E-state index contributed by atoms with van der Waals surface area (Å²) in [6.07, 6.45) is 1.27. The van der Waals surface area contributed by atoms with Gasteiger partial charge < -0.3 is 10.2 Å². The molecule has 1 fully saturated rings. The molecule has 1 aromatic heterocycles. The normalized spacial score (nSPS) is 14.8. The average Bonchev–Trinajstić information content (AvgIpc) is 2.83. The number of aromatic amines is 1. The first-order chi connectivity index (χ1) is 9.15. The lowest BCUT2D eigenvalue weighted by Gasteiger charge is -2.26. The van der Waals surface area contributed by atoms with Gasteiger partial charge in [0, 0.05) is 26.2 Å². The number of nitrogens with zero attached hydrogens (tertiary/aromatic N) is 3. The number of H-pyrrole nitrogens is 1. The standard InChI is InChI=1S/C11H17N5O3.ClH/c1-2-3-8-10(16(18)19)9(14-13-8)11(17)15-6-4-12-5-7-15;/h12H,2-7H2,1H3,(H,13,14);1H. The fourth-order valence-electron chi connectivity index (χ4n) is 2.16. The van der Waals surface area contributed by atoms with E-state index in [0.717, 1.165) is 6.42 Å². The fraction of sp³-hybridized carbons (Fsp3) is 0.636. The molecule has 0 atom stereocenters. The Bertz CT molecular complexity index is 484. The van der Waals surface area contributed by atoms with Crippen LogP contribution in [0.1, 0.15) is 29.5 Å². The minimum atomic E-state index is -0.524. The van der Waals surface area contributed by atoms with Crippen molar-refractivity contribution in [1.29, 1.82) is 0 Å². The SMILES string of the molecule is CCCc1[nH]nc(C(=O)N2CCNCC2)c1[N+](=O)[O-].Cl. The largest absolute Gasteiger partial charge is 0.334 e. The van der Waals surface area contributed by atoms with Crippen molar-refractivity contribution in [2.75, 3.05) is 26.2 Å². The van der Waals surface area contributed by atoms with Crippen molar-refractivity contribution in [1.82, 2.24) is 20.4 Å². The van der Waals surface area contributed by atoms with Gasteiger partial charge in [0.15, 0.2) is 0 Å². The summed E-state index contributed by atoms with van der Waals surface area (Å²) in [5, 5.41) is 20.7. The Kier molecular flexibility index (Phi) is 5.90. The maximum Gasteiger partial charge on any atom is 0.322 e. The molecule has 112 valence electrons. The summed E-state index contributed by atoms with van der Waals surface area (Å²) in [6, 6.07) is 0. The third kappa shape index (κ3) is 3.26. The Morgan fingerprint density at radius 2 is 2.10 bits per heavy atom. The molecule has 1 aliphatic heterocycles. The fourth-order valence-corrected chi connectivity index (χ4v) is 2.16. The van der Waals surface area contributed by atoms with Crippen molar-refractivity contribution >= 4 is 24.0 Å². The maximum atomic E-state index is 12.3. The number of hydrogen-bond donors (Lipinski definition) is 2. The Morgan fingerprint density at radius 3 is 2.65 bits per heavy atom. The van der Waals surface area contributed by atoms with Crippen molar-refractivity contribution in [2.24, 2.45) is 0 Å². The predicted molar refractivity (Wildman–Crippen MR) is 75.3 cm³/mol. The van der Waals surface area contributed by atoms with Crippen LogP contribution in [-0.2, 0) is 6.42 Å². The van der Waals surface area contributed by atoms with E-state index in [4.69, 9.17) is 0 Å². The molecule has 0 aliphatic carbocycles. The van der Waals surface area contributed by atoms with E-state index < -0.39 is 4.92 Å². The Balaban J connectivity index is 0.00000200. The second-order valence-corrected chi connectivity index (χ2v) is 4.45. The number of nitro groups is 1. The highest BCUT2D eigenvalue weighted by atomic mass is 35.5. The van der Waals surface area contributed by atoms with Crippen LogP contribution >= 0.6 is 12.4 Å². The molecule has 0 spiro atoms. The Hall–Kier alpha value is -1.67. The van der Waals surface area contributed by atoms with Gasteiger partial charge in [0.2, 0.25) is 5.69 Å². The van der Waals surface area contributed by atoms with Gasteiger partial charge in [-0.25, -0.2) is 0 Å². The van der Waals surface area contributed by atoms with E-state index in [0.29, 0.717) is 38.3 Å². The number of carbonyl (C=O) groups is 1. The first-order valence-corrected chi connectivity index (χ1v) is 6.36. The Labute approximate surface area is 122 Å². The van der Waals surface area contributed by atoms with Crippen LogP contribution in [0.4, 0.5) is 5.69 Å². The quantitative estimate of drug-likeness (QED) is 0.630. The molecule has 9 heteroatoms. The molecule has 2 rings (SSSR count). The molecule has 2 N–H and O–H groups in total. The summed E-state index contributed by atoms with van der Waals surface area (Å²) in [6.45, 7) is 4.41. The molecular formula is C11H18ClN5O3. The van der Waals surface area contributed by atoms with E-state index in [1.807, 2.05) is 6.92 Å². The second-order valence-electron chi connectivity index (χ2n) is 4.45. The molecular weight excluding hydrogens is 286 g/mol. The van der Waals surface area contributed by atoms with Crippen molar-refractivity contribution in [2.45, 2.75) is 19.8 Å². The van der Waals surface area contributed by atoms with Crippen molar-refractivity contribution in [3.05, 3.63) is 21.5 Å². The van der Waals surface area contributed by atoms with E-state index >= 15 is 0 Å². The predicted octanol–water partition coefficient (Wildman–Crippen LogP) is 0.738. The molecule has 8 nitrogen and oxygen atoms in total. The Morgan fingerprint density at radius 1 is 1.45 bits per heavy atom. The smallest absolute Gasteiger partial charge is 0.322 e. The summed E-state index contributed by atoms with van der Waals surface area (Å²) in [7, 11) is 0. The van der Waals surface area contributed by atoms with Crippen LogP contribution in [-0.4, -0.2) is 52.1 Å². The number of carbonyl (C=O) groups excluding carboxylic acids is 1. The van der Waals surface area contributed by atoms with E-state index in [1.165, 1.54) is 0 Å². The van der Waals surface area contributed by atoms with Crippen LogP contribution < -0.4 is 5.32 Å². The molecule has 0 radical (unpaired) electrons. The number of nitrogens with one attached hydrogen (secondary N) is 2. The lowest BCUT2D eigenvalue weighted by molar-refractivity contribution is -0.385. The summed E-state index contributed by atoms with van der Waals surface area (Å²) < 4.78 is 0. The maximum absolute atomic E-state index is 12.3. The van der Waals surface area contributed by atoms with Crippen molar-refractivity contribution < 1.29 is 9.72 Å². The van der Waals surface area contributed by atoms with Gasteiger partial charge in [0.1, 0.15) is 5.69 Å². The van der Waals surface area contributed by atoms with E-state index in [-0.39, 0.29) is 29.7 Å². The van der Waals surface area contributed by atoms with Gasteiger partial charge in [-0.3, -0.25) is 20.0 Å². The zero-order chi connectivity index (χ0) is 13.8. The second kappa shape index (κ2) is 7.20. The molecule has 1 aromatic rings. The first kappa shape index (κ1) is 16.4. The molecule has 0 aromatic carbocycles. The molecule has 20 heavy (non-hydrogen) atoms. The van der Waals surface area contributed by atoms with E-state index in [1.54, 1.807) is 4.90 Å². The number of piperazine rings is 1. The number of halogens is 1. The minimum absolute atomic E-state index is 0. The number of aryl methyl sites for hydroxylation is 1. The lowest BCUT2D eigenvalue weighted by Crippen LogP contribution is -2.46. The molecule has 0 unspecified atom stereocenters. The zero-order valence-corrected chi connectivity index (χ0v) is 12.0. The van der Waals surface area contributed by atoms with Crippen LogP contribution in [0.5, 0.6) is 0 Å². The molecule has 1 saturated heterocycles. The third-order valence-electron chi connectivity index (χ3n) is 3.10. The average molecular weight is 304 g/mol. The van der Waals surface area contributed by atoms with Crippen molar-refractivity contribution in [3.8, 4) is 0 Å². The van der Waals surface area contributed by atoms with Gasteiger partial charge in [0.25, 0.3) is 5.91 Å². The van der Waals surface area contributed by atoms with E-state index in [2.05, 4.69) is 15.5 Å². The van der Waals surface area contributed by atoms with Crippen LogP contribution in [0.25, 0.3) is 0 Å². The zero-order valence-electron chi connectivity index (χ0n) is 11.2. The highest BCUT2D eigenvalue weighted by Gasteiger charge is 2.31. The topological polar surface area (TPSA) is 104 Å². The van der Waals surface area contributed by atoms with Crippen LogP contribution in [0.15, 0.2) is 0 Å². The number of hydrogen-bond acceptors (Lipinski definition) is 5. The third-order valence-corrected chi connectivity index (χ3v) is 3.10. The monoisotopic (exact) mass is 303 g/mol. The van der Waals surface area contributed by atoms with Gasteiger partial charge in [0.05, 0.1) is 4.92 Å². The summed E-state index contributed by atoms with van der Waals surface area (Å²) in [5.74, 6) is -0.369. The lowest BCUT2D eigenvalue weighted by atomic mass is 10.2. The van der Waals surface area contributed by atoms with Crippen LogP contribution in [0.3, 0.4) is 0 Å². The number of aromatic nitrogens is 2. The highest BCUT2D eigenvalue weighted by Crippen LogP contribution is 2.23. The molecule has 0 bridgehead atoms. The van der Waals surface area contributed by atoms with Gasteiger partial charge in [-0.2, -0.15) is 5.10 Å². The molecule has 1 aliphatic rings. The van der Waals surface area contributed by atoms with Gasteiger partial charge >= 0.3 is 5.69 Å². The van der Waals surface area contributed by atoms with Gasteiger partial charge in [-0.1, -0.05) is 13.3 Å². The number of amides is 1. The van der Waals surface area contributed by atoms with E-state index in [9.17, 15) is 14.9 Å². The summed E-state index contributed by atoms with van der Waals surface area (Å²) >= 11 is 0. The van der Waals surface area contributed by atoms with Crippen molar-refractivity contribution in [3.63, 3.8) is 0 Å². The summed E-state index contributed by atoms with van der Waals surface area (Å²) in [5.41, 5.74) is 0.173. The minimum Gasteiger partial charge on any atom is -0.334 e. The molecule has 1 amide bonds. The number of rotatable bonds is 4. The summed E-state index contributed by atoms with van der Waals surface area (Å²) in [4.78, 5) is 24.5. The highest BCUT2D eigenvalue weighted by molar-refractivity contribution is 5.96. The van der Waals surface area contributed by atoms with Crippen LogP contribution in [0, 0.1) is 10.1 Å². The molecule has 2 heterocycles.